The molecule has 96 valence electrons. The molecule has 0 saturated heterocycles. The largest absolute Gasteiger partial charge is 0.247 e. The highest BCUT2D eigenvalue weighted by Gasteiger charge is 2.12. The fourth-order valence-electron chi connectivity index (χ4n) is 1.88. The Balaban J connectivity index is 1.99. The second-order valence-electron chi connectivity index (χ2n) is 4.44. The first-order chi connectivity index (χ1) is 8.67. The number of hydrogen-bond acceptors (Lipinski definition) is 2. The van der Waals surface area contributed by atoms with Gasteiger partial charge in [0, 0.05) is 23.4 Å². The van der Waals surface area contributed by atoms with Crippen molar-refractivity contribution in [2.45, 2.75) is 19.8 Å². The van der Waals surface area contributed by atoms with Crippen LogP contribution in [0.2, 0.25) is 0 Å². The Bertz CT molecular complexity index is 495. The molecule has 0 radical (unpaired) electrons. The summed E-state index contributed by atoms with van der Waals surface area (Å²) in [7, 11) is 0. The molecule has 0 N–H and O–H groups in total. The quantitative estimate of drug-likeness (QED) is 0.748. The Labute approximate surface area is 116 Å². The highest BCUT2D eigenvalue weighted by Crippen LogP contribution is 2.19. The van der Waals surface area contributed by atoms with Gasteiger partial charge < -0.3 is 0 Å². The SMILES string of the molecule is Cc1csc(CC(CCl)Cc2ccc(F)cc2)n1. The van der Waals surface area contributed by atoms with Crippen LogP contribution in [0.4, 0.5) is 4.39 Å². The lowest BCUT2D eigenvalue weighted by atomic mass is 9.98. The van der Waals surface area contributed by atoms with Gasteiger partial charge in [-0.2, -0.15) is 0 Å². The van der Waals surface area contributed by atoms with Gasteiger partial charge in [-0.15, -0.1) is 22.9 Å². The zero-order chi connectivity index (χ0) is 13.0. The minimum Gasteiger partial charge on any atom is -0.247 e. The van der Waals surface area contributed by atoms with Gasteiger partial charge in [0.1, 0.15) is 5.82 Å². The molecule has 18 heavy (non-hydrogen) atoms. The van der Waals surface area contributed by atoms with Crippen molar-refractivity contribution in [3.63, 3.8) is 0 Å². The van der Waals surface area contributed by atoms with Gasteiger partial charge in [-0.3, -0.25) is 0 Å². The van der Waals surface area contributed by atoms with Crippen molar-refractivity contribution < 1.29 is 4.39 Å². The predicted molar refractivity (Wildman–Crippen MR) is 74.9 cm³/mol. The van der Waals surface area contributed by atoms with Crippen LogP contribution in [0.15, 0.2) is 29.6 Å². The highest BCUT2D eigenvalue weighted by atomic mass is 35.5. The van der Waals surface area contributed by atoms with Gasteiger partial charge in [0.2, 0.25) is 0 Å². The van der Waals surface area contributed by atoms with Crippen LogP contribution in [0.3, 0.4) is 0 Å². The standard InChI is InChI=1S/C14H15ClFNS/c1-10-9-18-14(17-10)7-12(8-15)6-11-2-4-13(16)5-3-11/h2-5,9,12H,6-8H2,1H3. The lowest BCUT2D eigenvalue weighted by Crippen LogP contribution is -2.10. The van der Waals surface area contributed by atoms with Crippen molar-refractivity contribution in [2.24, 2.45) is 5.92 Å². The molecular weight excluding hydrogens is 269 g/mol. The Morgan fingerprint density at radius 1 is 1.28 bits per heavy atom. The molecule has 0 aliphatic carbocycles. The molecule has 2 aromatic rings. The summed E-state index contributed by atoms with van der Waals surface area (Å²) in [5.41, 5.74) is 2.18. The highest BCUT2D eigenvalue weighted by molar-refractivity contribution is 7.09. The van der Waals surface area contributed by atoms with E-state index < -0.39 is 0 Å². The summed E-state index contributed by atoms with van der Waals surface area (Å²) in [6, 6.07) is 6.63. The zero-order valence-electron chi connectivity index (χ0n) is 10.2. The third-order valence-electron chi connectivity index (χ3n) is 2.79. The zero-order valence-corrected chi connectivity index (χ0v) is 11.8. The van der Waals surface area contributed by atoms with Gasteiger partial charge in [-0.25, -0.2) is 9.37 Å². The van der Waals surface area contributed by atoms with Crippen molar-refractivity contribution in [2.75, 3.05) is 5.88 Å². The van der Waals surface area contributed by atoms with Crippen LogP contribution >= 0.6 is 22.9 Å². The van der Waals surface area contributed by atoms with E-state index in [9.17, 15) is 4.39 Å². The van der Waals surface area contributed by atoms with Gasteiger partial charge in [0.25, 0.3) is 0 Å². The molecule has 0 spiro atoms. The number of nitrogens with zero attached hydrogens (tertiary/aromatic N) is 1. The van der Waals surface area contributed by atoms with Crippen molar-refractivity contribution in [1.82, 2.24) is 4.98 Å². The summed E-state index contributed by atoms with van der Waals surface area (Å²) in [4.78, 5) is 4.45. The average molecular weight is 284 g/mol. The summed E-state index contributed by atoms with van der Waals surface area (Å²) in [5, 5.41) is 3.18. The van der Waals surface area contributed by atoms with Crippen LogP contribution in [-0.4, -0.2) is 10.9 Å². The second-order valence-corrected chi connectivity index (χ2v) is 5.69. The molecule has 1 aromatic carbocycles. The van der Waals surface area contributed by atoms with E-state index in [-0.39, 0.29) is 5.82 Å². The summed E-state index contributed by atoms with van der Waals surface area (Å²) >= 11 is 7.68. The molecule has 0 fully saturated rings. The number of aromatic nitrogens is 1. The fourth-order valence-corrected chi connectivity index (χ4v) is 2.98. The van der Waals surface area contributed by atoms with Gasteiger partial charge in [-0.1, -0.05) is 12.1 Å². The van der Waals surface area contributed by atoms with Crippen molar-refractivity contribution in [1.29, 1.82) is 0 Å². The van der Waals surface area contributed by atoms with Crippen LogP contribution in [0.25, 0.3) is 0 Å². The van der Waals surface area contributed by atoms with E-state index in [1.807, 2.05) is 19.1 Å². The first kappa shape index (κ1) is 13.5. The van der Waals surface area contributed by atoms with Gasteiger partial charge >= 0.3 is 0 Å². The van der Waals surface area contributed by atoms with Crippen LogP contribution in [0, 0.1) is 18.7 Å². The first-order valence-electron chi connectivity index (χ1n) is 5.89. The molecule has 1 atom stereocenters. The molecule has 0 aliphatic rings. The van der Waals surface area contributed by atoms with E-state index in [0.29, 0.717) is 11.8 Å². The van der Waals surface area contributed by atoms with E-state index in [1.165, 1.54) is 12.1 Å². The smallest absolute Gasteiger partial charge is 0.123 e. The summed E-state index contributed by atoms with van der Waals surface area (Å²) in [6.07, 6.45) is 1.75. The molecule has 1 nitrogen and oxygen atoms in total. The molecule has 1 unspecified atom stereocenters. The molecule has 2 rings (SSSR count). The van der Waals surface area contributed by atoms with Crippen molar-refractivity contribution in [3.05, 3.63) is 51.7 Å². The molecule has 4 heteroatoms. The summed E-state index contributed by atoms with van der Waals surface area (Å²) < 4.78 is 12.8. The Hall–Kier alpha value is -0.930. The maximum Gasteiger partial charge on any atom is 0.123 e. The van der Waals surface area contributed by atoms with Crippen LogP contribution < -0.4 is 0 Å². The summed E-state index contributed by atoms with van der Waals surface area (Å²) in [6.45, 7) is 2.00. The van der Waals surface area contributed by atoms with Crippen LogP contribution in [-0.2, 0) is 12.8 Å². The number of hydrogen-bond donors (Lipinski definition) is 0. The Morgan fingerprint density at radius 3 is 2.56 bits per heavy atom. The third kappa shape index (κ3) is 3.79. The van der Waals surface area contributed by atoms with E-state index >= 15 is 0 Å². The normalized spacial score (nSPS) is 12.6. The minimum atomic E-state index is -0.197. The topological polar surface area (TPSA) is 12.9 Å². The Morgan fingerprint density at radius 2 is 2.00 bits per heavy atom. The number of alkyl halides is 1. The molecule has 0 aliphatic heterocycles. The first-order valence-corrected chi connectivity index (χ1v) is 7.30. The maximum absolute atomic E-state index is 12.8. The maximum atomic E-state index is 12.8. The lowest BCUT2D eigenvalue weighted by Gasteiger charge is -2.12. The van der Waals surface area contributed by atoms with E-state index in [2.05, 4.69) is 10.4 Å². The molecule has 0 saturated carbocycles. The summed E-state index contributed by atoms with van der Waals surface area (Å²) in [5.74, 6) is 0.745. The lowest BCUT2D eigenvalue weighted by molar-refractivity contribution is 0.579. The Kier molecular flexibility index (Phi) is 4.72. The van der Waals surface area contributed by atoms with E-state index in [0.717, 1.165) is 29.1 Å². The van der Waals surface area contributed by atoms with Crippen LogP contribution in [0.5, 0.6) is 0 Å². The van der Waals surface area contributed by atoms with Gasteiger partial charge in [0.15, 0.2) is 0 Å². The number of benzene rings is 1. The molecular formula is C14H15ClFNS. The monoisotopic (exact) mass is 283 g/mol. The predicted octanol–water partition coefficient (Wildman–Crippen LogP) is 4.23. The van der Waals surface area contributed by atoms with E-state index in [1.54, 1.807) is 11.3 Å². The van der Waals surface area contributed by atoms with Gasteiger partial charge in [0.05, 0.1) is 5.01 Å². The number of aryl methyl sites for hydroxylation is 1. The minimum absolute atomic E-state index is 0.197. The van der Waals surface area contributed by atoms with E-state index in [4.69, 9.17) is 11.6 Å². The second kappa shape index (κ2) is 6.30. The van der Waals surface area contributed by atoms with Crippen molar-refractivity contribution in [3.8, 4) is 0 Å². The van der Waals surface area contributed by atoms with Gasteiger partial charge in [-0.05, 0) is 37.0 Å². The van der Waals surface area contributed by atoms with Crippen LogP contribution in [0.1, 0.15) is 16.3 Å². The fraction of sp³-hybridized carbons (Fsp3) is 0.357. The number of thiazole rings is 1. The number of halogens is 2. The number of rotatable bonds is 5. The average Bonchev–Trinajstić information content (AvgIpc) is 2.77. The third-order valence-corrected chi connectivity index (χ3v) is 4.21. The molecule has 1 heterocycles. The molecule has 0 bridgehead atoms. The van der Waals surface area contributed by atoms with Crippen molar-refractivity contribution >= 4 is 22.9 Å². The molecule has 1 aromatic heterocycles. The molecule has 0 amide bonds.